The summed E-state index contributed by atoms with van der Waals surface area (Å²) in [4.78, 5) is 0. The Bertz CT molecular complexity index is 348. The van der Waals surface area contributed by atoms with Crippen LogP contribution in [0.3, 0.4) is 0 Å². The number of nitrogens with one attached hydrogen (secondary N) is 1. The summed E-state index contributed by atoms with van der Waals surface area (Å²) in [6.45, 7) is 6.28. The Morgan fingerprint density at radius 1 is 1.53 bits per heavy atom. The minimum atomic E-state index is 0.0578. The molecule has 98 valence electrons. The van der Waals surface area contributed by atoms with Crippen LogP contribution >= 0.6 is 11.6 Å². The molecule has 2 unspecified atom stereocenters. The topological polar surface area (TPSA) is 39.1 Å². The van der Waals surface area contributed by atoms with Gasteiger partial charge in [-0.05, 0) is 27.3 Å². The van der Waals surface area contributed by atoms with E-state index in [9.17, 15) is 0 Å². The lowest BCUT2D eigenvalue weighted by molar-refractivity contribution is 0.0644. The summed E-state index contributed by atoms with van der Waals surface area (Å²) in [5.74, 6) is 0. The fraction of sp³-hybridized carbons (Fsp3) is 0.750. The van der Waals surface area contributed by atoms with Gasteiger partial charge in [0.2, 0.25) is 0 Å². The van der Waals surface area contributed by atoms with Gasteiger partial charge in [-0.15, -0.1) is 0 Å². The number of methoxy groups -OCH3 is 1. The smallest absolute Gasteiger partial charge is 0.0835 e. The van der Waals surface area contributed by atoms with Crippen LogP contribution in [0.25, 0.3) is 0 Å². The van der Waals surface area contributed by atoms with Gasteiger partial charge < -0.3 is 10.1 Å². The molecule has 0 aliphatic carbocycles. The normalized spacial score (nSPS) is 15.2. The third-order valence-electron chi connectivity index (χ3n) is 2.96. The molecule has 1 aromatic rings. The van der Waals surface area contributed by atoms with E-state index in [-0.39, 0.29) is 18.2 Å². The number of hydrogen-bond donors (Lipinski definition) is 1. The van der Waals surface area contributed by atoms with Gasteiger partial charge in [-0.3, -0.25) is 4.68 Å². The number of likely N-dealkylation sites (N-methyl/N-ethyl adjacent to an activating group) is 1. The maximum atomic E-state index is 6.24. The van der Waals surface area contributed by atoms with Crippen molar-refractivity contribution in [2.24, 2.45) is 0 Å². The third kappa shape index (κ3) is 3.00. The number of aromatic nitrogens is 2. The zero-order valence-electron chi connectivity index (χ0n) is 11.2. The van der Waals surface area contributed by atoms with Crippen molar-refractivity contribution in [1.29, 1.82) is 0 Å². The van der Waals surface area contributed by atoms with Gasteiger partial charge in [-0.2, -0.15) is 5.10 Å². The number of ether oxygens (including phenoxy) is 1. The zero-order chi connectivity index (χ0) is 13.0. The molecule has 5 heteroatoms. The molecule has 17 heavy (non-hydrogen) atoms. The molecule has 0 fully saturated rings. The number of halogens is 1. The standard InChI is InChI=1S/C12H22ClN3O/c1-6-10(17-5)11(14-4)12-9(13)7-15-16(12)8(2)3/h7-8,10-11,14H,6H2,1-5H3. The number of hydrogen-bond acceptors (Lipinski definition) is 3. The van der Waals surface area contributed by atoms with Crippen LogP contribution in [0.2, 0.25) is 5.02 Å². The van der Waals surface area contributed by atoms with Crippen LogP contribution in [0.1, 0.15) is 45.0 Å². The van der Waals surface area contributed by atoms with Crippen molar-refractivity contribution in [2.75, 3.05) is 14.2 Å². The summed E-state index contributed by atoms with van der Waals surface area (Å²) in [6.07, 6.45) is 2.71. The molecule has 0 radical (unpaired) electrons. The molecule has 0 aliphatic heterocycles. The summed E-state index contributed by atoms with van der Waals surface area (Å²) in [5.41, 5.74) is 0.998. The highest BCUT2D eigenvalue weighted by Crippen LogP contribution is 2.29. The number of rotatable bonds is 6. The summed E-state index contributed by atoms with van der Waals surface area (Å²) in [7, 11) is 3.64. The van der Waals surface area contributed by atoms with Crippen molar-refractivity contribution < 1.29 is 4.74 Å². The maximum Gasteiger partial charge on any atom is 0.0835 e. The monoisotopic (exact) mass is 259 g/mol. The minimum absolute atomic E-state index is 0.0578. The molecule has 0 saturated heterocycles. The molecule has 0 aliphatic rings. The Morgan fingerprint density at radius 2 is 2.18 bits per heavy atom. The van der Waals surface area contributed by atoms with Gasteiger partial charge in [0.25, 0.3) is 0 Å². The maximum absolute atomic E-state index is 6.24. The van der Waals surface area contributed by atoms with Crippen LogP contribution in [0, 0.1) is 0 Å². The van der Waals surface area contributed by atoms with Crippen molar-refractivity contribution in [1.82, 2.24) is 15.1 Å². The molecule has 2 atom stereocenters. The first kappa shape index (κ1) is 14.5. The zero-order valence-corrected chi connectivity index (χ0v) is 12.0. The largest absolute Gasteiger partial charge is 0.379 e. The van der Waals surface area contributed by atoms with E-state index in [2.05, 4.69) is 31.2 Å². The SMILES string of the molecule is CCC(OC)C(NC)c1c(Cl)cnn1C(C)C. The van der Waals surface area contributed by atoms with Crippen molar-refractivity contribution in [3.05, 3.63) is 16.9 Å². The molecule has 1 rings (SSSR count). The molecular formula is C12H22ClN3O. The highest BCUT2D eigenvalue weighted by Gasteiger charge is 2.27. The second-order valence-corrected chi connectivity index (χ2v) is 4.77. The predicted molar refractivity (Wildman–Crippen MR) is 70.5 cm³/mol. The summed E-state index contributed by atoms with van der Waals surface area (Å²) < 4.78 is 7.45. The molecule has 1 N–H and O–H groups in total. The quantitative estimate of drug-likeness (QED) is 0.854. The second kappa shape index (κ2) is 6.38. The highest BCUT2D eigenvalue weighted by molar-refractivity contribution is 6.31. The Hall–Kier alpha value is -0.580. The van der Waals surface area contributed by atoms with Crippen molar-refractivity contribution in [3.8, 4) is 0 Å². The lowest BCUT2D eigenvalue weighted by Crippen LogP contribution is -2.33. The van der Waals surface area contributed by atoms with Gasteiger partial charge in [0.15, 0.2) is 0 Å². The fourth-order valence-electron chi connectivity index (χ4n) is 2.09. The Labute approximate surface area is 108 Å². The lowest BCUT2D eigenvalue weighted by Gasteiger charge is -2.26. The molecule has 0 saturated carbocycles. The van der Waals surface area contributed by atoms with Crippen molar-refractivity contribution in [2.45, 2.75) is 45.4 Å². The Balaban J connectivity index is 3.14. The van der Waals surface area contributed by atoms with Gasteiger partial charge in [-0.1, -0.05) is 18.5 Å². The highest BCUT2D eigenvalue weighted by atomic mass is 35.5. The third-order valence-corrected chi connectivity index (χ3v) is 3.25. The van der Waals surface area contributed by atoms with Gasteiger partial charge >= 0.3 is 0 Å². The van der Waals surface area contributed by atoms with Crippen molar-refractivity contribution in [3.63, 3.8) is 0 Å². The summed E-state index contributed by atoms with van der Waals surface area (Å²) in [5, 5.41) is 8.28. The van der Waals surface area contributed by atoms with E-state index in [4.69, 9.17) is 16.3 Å². The fourth-order valence-corrected chi connectivity index (χ4v) is 2.34. The van der Waals surface area contributed by atoms with Gasteiger partial charge in [-0.25, -0.2) is 0 Å². The molecule has 4 nitrogen and oxygen atoms in total. The Morgan fingerprint density at radius 3 is 2.59 bits per heavy atom. The van der Waals surface area contributed by atoms with E-state index in [0.29, 0.717) is 5.02 Å². The first-order valence-electron chi connectivity index (χ1n) is 5.99. The molecule has 0 aromatic carbocycles. The van der Waals surface area contributed by atoms with Crippen LogP contribution in [0.4, 0.5) is 0 Å². The second-order valence-electron chi connectivity index (χ2n) is 4.36. The predicted octanol–water partition coefficient (Wildman–Crippen LogP) is 2.80. The van der Waals surface area contributed by atoms with Crippen LogP contribution in [-0.4, -0.2) is 30.0 Å². The van der Waals surface area contributed by atoms with E-state index >= 15 is 0 Å². The molecular weight excluding hydrogens is 238 g/mol. The van der Waals surface area contributed by atoms with E-state index in [1.165, 1.54) is 0 Å². The average molecular weight is 260 g/mol. The van der Waals surface area contributed by atoms with E-state index in [1.54, 1.807) is 13.3 Å². The van der Waals surface area contributed by atoms with E-state index < -0.39 is 0 Å². The first-order chi connectivity index (χ1) is 8.06. The lowest BCUT2D eigenvalue weighted by atomic mass is 10.0. The molecule has 0 bridgehead atoms. The summed E-state index contributed by atoms with van der Waals surface area (Å²) >= 11 is 6.24. The van der Waals surface area contributed by atoms with Crippen LogP contribution in [0.15, 0.2) is 6.20 Å². The molecule has 1 heterocycles. The van der Waals surface area contributed by atoms with Crippen LogP contribution in [0.5, 0.6) is 0 Å². The summed E-state index contributed by atoms with van der Waals surface area (Å²) in [6, 6.07) is 0.338. The Kier molecular flexibility index (Phi) is 5.43. The minimum Gasteiger partial charge on any atom is -0.379 e. The number of nitrogens with zero attached hydrogens (tertiary/aromatic N) is 2. The van der Waals surface area contributed by atoms with E-state index in [1.807, 2.05) is 11.7 Å². The molecule has 0 spiro atoms. The first-order valence-corrected chi connectivity index (χ1v) is 6.37. The van der Waals surface area contributed by atoms with Crippen LogP contribution in [-0.2, 0) is 4.74 Å². The van der Waals surface area contributed by atoms with Gasteiger partial charge in [0, 0.05) is 13.2 Å². The van der Waals surface area contributed by atoms with Gasteiger partial charge in [0.1, 0.15) is 0 Å². The van der Waals surface area contributed by atoms with Crippen LogP contribution < -0.4 is 5.32 Å². The van der Waals surface area contributed by atoms with E-state index in [0.717, 1.165) is 12.1 Å². The van der Waals surface area contributed by atoms with Gasteiger partial charge in [0.05, 0.1) is 29.1 Å². The molecule has 0 amide bonds. The van der Waals surface area contributed by atoms with Crippen molar-refractivity contribution >= 4 is 11.6 Å². The molecule has 1 aromatic heterocycles. The average Bonchev–Trinajstić information content (AvgIpc) is 2.68.